The number of carbonyl (C=O) groups is 1. The highest BCUT2D eigenvalue weighted by molar-refractivity contribution is 6.78. The van der Waals surface area contributed by atoms with Crippen LogP contribution in [0.25, 0.3) is 0 Å². The van der Waals surface area contributed by atoms with E-state index in [9.17, 15) is 4.79 Å². The highest BCUT2D eigenvalue weighted by Gasteiger charge is 2.27. The predicted molar refractivity (Wildman–Crippen MR) is 77.0 cm³/mol. The molecule has 0 amide bonds. The SMILES string of the molecule is C=CC(=O)OCCC[Si](C)(C)C(C)CCCC. The van der Waals surface area contributed by atoms with Gasteiger partial charge < -0.3 is 4.74 Å². The lowest BCUT2D eigenvalue weighted by Gasteiger charge is -2.29. The van der Waals surface area contributed by atoms with Crippen molar-refractivity contribution >= 4 is 14.0 Å². The molecular formula is C14H28O2Si. The van der Waals surface area contributed by atoms with Crippen molar-refractivity contribution in [3.8, 4) is 0 Å². The van der Waals surface area contributed by atoms with Crippen molar-refractivity contribution < 1.29 is 9.53 Å². The zero-order valence-corrected chi connectivity index (χ0v) is 12.9. The molecule has 0 spiro atoms. The van der Waals surface area contributed by atoms with Crippen molar-refractivity contribution in [3.63, 3.8) is 0 Å². The average molecular weight is 256 g/mol. The van der Waals surface area contributed by atoms with E-state index in [-0.39, 0.29) is 5.97 Å². The summed E-state index contributed by atoms with van der Waals surface area (Å²) in [7, 11) is -1.14. The van der Waals surface area contributed by atoms with Crippen LogP contribution in [-0.2, 0) is 9.53 Å². The monoisotopic (exact) mass is 256 g/mol. The van der Waals surface area contributed by atoms with E-state index in [4.69, 9.17) is 4.74 Å². The second kappa shape index (κ2) is 8.51. The molecule has 0 fully saturated rings. The average Bonchev–Trinajstić information content (AvgIpc) is 2.31. The Morgan fingerprint density at radius 1 is 1.41 bits per heavy atom. The molecule has 0 bridgehead atoms. The molecule has 0 N–H and O–H groups in total. The van der Waals surface area contributed by atoms with E-state index in [1.807, 2.05) is 0 Å². The smallest absolute Gasteiger partial charge is 0.330 e. The number of rotatable bonds is 9. The third-order valence-electron chi connectivity index (χ3n) is 3.70. The van der Waals surface area contributed by atoms with Crippen LogP contribution in [0.5, 0.6) is 0 Å². The molecule has 1 unspecified atom stereocenters. The molecule has 0 aliphatic carbocycles. The lowest BCUT2D eigenvalue weighted by Crippen LogP contribution is -2.31. The fourth-order valence-electron chi connectivity index (χ4n) is 1.91. The molecule has 100 valence electrons. The zero-order valence-electron chi connectivity index (χ0n) is 11.9. The maximum absolute atomic E-state index is 10.9. The minimum atomic E-state index is -1.14. The molecule has 0 saturated heterocycles. The predicted octanol–water partition coefficient (Wildman–Crippen LogP) is 4.39. The minimum absolute atomic E-state index is 0.302. The summed E-state index contributed by atoms with van der Waals surface area (Å²) in [4.78, 5) is 10.9. The topological polar surface area (TPSA) is 26.3 Å². The van der Waals surface area contributed by atoms with E-state index < -0.39 is 8.07 Å². The first-order valence-corrected chi connectivity index (χ1v) is 10.0. The highest BCUT2D eigenvalue weighted by Crippen LogP contribution is 2.31. The molecule has 0 aliphatic rings. The molecule has 0 radical (unpaired) electrons. The van der Waals surface area contributed by atoms with Gasteiger partial charge in [-0.1, -0.05) is 58.8 Å². The molecule has 0 aliphatic heterocycles. The quantitative estimate of drug-likeness (QED) is 0.265. The number of esters is 1. The third-order valence-corrected chi connectivity index (χ3v) is 8.30. The summed E-state index contributed by atoms with van der Waals surface area (Å²) in [5, 5.41) is 0. The number of hydrogen-bond donors (Lipinski definition) is 0. The summed E-state index contributed by atoms with van der Waals surface area (Å²) in [6, 6.07) is 1.24. The van der Waals surface area contributed by atoms with Gasteiger partial charge >= 0.3 is 5.97 Å². The van der Waals surface area contributed by atoms with Gasteiger partial charge in [-0.2, -0.15) is 0 Å². The zero-order chi connectivity index (χ0) is 13.3. The molecule has 1 atom stereocenters. The Morgan fingerprint density at radius 3 is 2.59 bits per heavy atom. The second-order valence-corrected chi connectivity index (χ2v) is 11.0. The standard InChI is InChI=1S/C14H28O2Si/c1-6-8-10-13(3)17(4,5)12-9-11-16-14(15)7-2/h7,13H,2,6,8-12H2,1,3-5H3. The van der Waals surface area contributed by atoms with Gasteiger partial charge in [0.1, 0.15) is 0 Å². The summed E-state index contributed by atoms with van der Waals surface area (Å²) >= 11 is 0. The van der Waals surface area contributed by atoms with Crippen molar-refractivity contribution in [1.82, 2.24) is 0 Å². The Labute approximate surface area is 107 Å². The molecule has 0 rings (SSSR count). The number of ether oxygens (including phenoxy) is 1. The number of unbranched alkanes of at least 4 members (excludes halogenated alkanes) is 1. The first-order chi connectivity index (χ1) is 7.94. The van der Waals surface area contributed by atoms with E-state index in [2.05, 4.69) is 33.5 Å². The van der Waals surface area contributed by atoms with Crippen molar-refractivity contribution in [2.45, 2.75) is 64.2 Å². The van der Waals surface area contributed by atoms with Crippen molar-refractivity contribution in [2.24, 2.45) is 0 Å². The Hall–Kier alpha value is -0.573. The fraction of sp³-hybridized carbons (Fsp3) is 0.786. The van der Waals surface area contributed by atoms with Crippen molar-refractivity contribution in [2.75, 3.05) is 6.61 Å². The van der Waals surface area contributed by atoms with Crippen LogP contribution in [0.2, 0.25) is 24.7 Å². The first kappa shape index (κ1) is 16.4. The second-order valence-electron chi connectivity index (χ2n) is 5.51. The van der Waals surface area contributed by atoms with Gasteiger partial charge in [0.2, 0.25) is 0 Å². The molecular weight excluding hydrogens is 228 g/mol. The summed E-state index contributed by atoms with van der Waals surface area (Å²) in [6.45, 7) is 13.5. The molecule has 0 saturated carbocycles. The van der Waals surface area contributed by atoms with Gasteiger partial charge in [0.05, 0.1) is 14.7 Å². The van der Waals surface area contributed by atoms with Crippen LogP contribution in [-0.4, -0.2) is 20.7 Å². The molecule has 0 heterocycles. The summed E-state index contributed by atoms with van der Waals surface area (Å²) in [5.41, 5.74) is 0.859. The number of carbonyl (C=O) groups excluding carboxylic acids is 1. The molecule has 17 heavy (non-hydrogen) atoms. The van der Waals surface area contributed by atoms with Gasteiger partial charge in [-0.3, -0.25) is 0 Å². The Bertz CT molecular complexity index is 236. The van der Waals surface area contributed by atoms with E-state index in [1.54, 1.807) is 0 Å². The third kappa shape index (κ3) is 7.37. The van der Waals surface area contributed by atoms with E-state index >= 15 is 0 Å². The van der Waals surface area contributed by atoms with E-state index in [0.29, 0.717) is 6.61 Å². The van der Waals surface area contributed by atoms with Crippen LogP contribution in [0.15, 0.2) is 12.7 Å². The normalized spacial score (nSPS) is 13.2. The van der Waals surface area contributed by atoms with Crippen LogP contribution in [0.4, 0.5) is 0 Å². The lowest BCUT2D eigenvalue weighted by atomic mass is 10.2. The highest BCUT2D eigenvalue weighted by atomic mass is 28.3. The first-order valence-electron chi connectivity index (χ1n) is 6.73. The summed E-state index contributed by atoms with van der Waals surface area (Å²) in [6.07, 6.45) is 6.19. The Morgan fingerprint density at radius 2 is 2.06 bits per heavy atom. The maximum atomic E-state index is 10.9. The van der Waals surface area contributed by atoms with Gasteiger partial charge in [-0.05, 0) is 12.0 Å². The number of hydrogen-bond acceptors (Lipinski definition) is 2. The van der Waals surface area contributed by atoms with Gasteiger partial charge in [-0.15, -0.1) is 0 Å². The Kier molecular flexibility index (Phi) is 8.22. The summed E-state index contributed by atoms with van der Waals surface area (Å²) < 4.78 is 5.01. The molecule has 0 aromatic heterocycles. The van der Waals surface area contributed by atoms with Crippen molar-refractivity contribution in [1.29, 1.82) is 0 Å². The van der Waals surface area contributed by atoms with Crippen LogP contribution in [0, 0.1) is 0 Å². The van der Waals surface area contributed by atoms with E-state index in [0.717, 1.165) is 12.0 Å². The molecule has 0 aromatic carbocycles. The minimum Gasteiger partial charge on any atom is -0.463 e. The van der Waals surface area contributed by atoms with Gasteiger partial charge in [0, 0.05) is 6.08 Å². The van der Waals surface area contributed by atoms with Gasteiger partial charge in [0.25, 0.3) is 0 Å². The molecule has 2 nitrogen and oxygen atoms in total. The molecule has 3 heteroatoms. The maximum Gasteiger partial charge on any atom is 0.330 e. The van der Waals surface area contributed by atoms with Gasteiger partial charge in [-0.25, -0.2) is 4.79 Å². The largest absolute Gasteiger partial charge is 0.463 e. The Balaban J connectivity index is 3.83. The lowest BCUT2D eigenvalue weighted by molar-refractivity contribution is -0.137. The van der Waals surface area contributed by atoms with E-state index in [1.165, 1.54) is 31.4 Å². The fourth-order valence-corrected chi connectivity index (χ4v) is 4.44. The van der Waals surface area contributed by atoms with Crippen LogP contribution in [0.1, 0.15) is 39.5 Å². The van der Waals surface area contributed by atoms with Crippen molar-refractivity contribution in [3.05, 3.63) is 12.7 Å². The van der Waals surface area contributed by atoms with Crippen LogP contribution < -0.4 is 0 Å². The van der Waals surface area contributed by atoms with Gasteiger partial charge in [0.15, 0.2) is 0 Å². The summed E-state index contributed by atoms with van der Waals surface area (Å²) in [5.74, 6) is -0.302. The van der Waals surface area contributed by atoms with Crippen LogP contribution >= 0.6 is 0 Å². The molecule has 0 aromatic rings. The van der Waals surface area contributed by atoms with Crippen LogP contribution in [0.3, 0.4) is 0 Å².